The second kappa shape index (κ2) is 5.92. The first-order valence-corrected chi connectivity index (χ1v) is 9.94. The Bertz CT molecular complexity index is 1570. The third-order valence-electron chi connectivity index (χ3n) is 6.03. The summed E-state index contributed by atoms with van der Waals surface area (Å²) in [6.45, 7) is 2.16. The minimum atomic E-state index is 0.960. The van der Waals surface area contributed by atoms with E-state index in [0.717, 1.165) is 22.4 Å². The van der Waals surface area contributed by atoms with Crippen molar-refractivity contribution in [1.82, 2.24) is 0 Å². The fraction of sp³-hybridized carbons (Fsp3) is 0.0741. The van der Waals surface area contributed by atoms with Gasteiger partial charge in [0, 0.05) is 28.3 Å². The number of nitrogens with zero attached hydrogens (tertiary/aromatic N) is 1. The lowest BCUT2D eigenvalue weighted by molar-refractivity contribution is -0.660. The molecule has 0 amide bonds. The predicted octanol–water partition coefficient (Wildman–Crippen LogP) is 6.69. The zero-order valence-electron chi connectivity index (χ0n) is 16.4. The van der Waals surface area contributed by atoms with Crippen LogP contribution >= 0.6 is 0 Å². The van der Waals surface area contributed by atoms with Crippen molar-refractivity contribution in [3.63, 3.8) is 0 Å². The average molecular weight is 374 g/mol. The van der Waals surface area contributed by atoms with E-state index in [-0.39, 0.29) is 0 Å². The highest BCUT2D eigenvalue weighted by atomic mass is 16.3. The van der Waals surface area contributed by atoms with Gasteiger partial charge in [-0.1, -0.05) is 54.6 Å². The summed E-state index contributed by atoms with van der Waals surface area (Å²) in [6.07, 6.45) is 2.08. The van der Waals surface area contributed by atoms with E-state index < -0.39 is 0 Å². The number of furan rings is 1. The average Bonchev–Trinajstić information content (AvgIpc) is 3.13. The normalized spacial score (nSPS) is 11.8. The lowest BCUT2D eigenvalue weighted by Gasteiger charge is -2.05. The maximum Gasteiger partial charge on any atom is 0.216 e. The van der Waals surface area contributed by atoms with Crippen LogP contribution in [0.25, 0.3) is 54.7 Å². The Morgan fingerprint density at radius 3 is 2.28 bits per heavy atom. The van der Waals surface area contributed by atoms with Gasteiger partial charge in [-0.25, -0.2) is 4.57 Å². The highest BCUT2D eigenvalue weighted by Gasteiger charge is 2.21. The maximum absolute atomic E-state index is 6.68. The van der Waals surface area contributed by atoms with Gasteiger partial charge in [-0.15, -0.1) is 0 Å². The van der Waals surface area contributed by atoms with Gasteiger partial charge in [0.1, 0.15) is 18.2 Å². The lowest BCUT2D eigenvalue weighted by Crippen LogP contribution is -2.30. The number of rotatable bonds is 1. The smallest absolute Gasteiger partial charge is 0.216 e. The molecule has 0 aliphatic heterocycles. The predicted molar refractivity (Wildman–Crippen MR) is 120 cm³/mol. The Kier molecular flexibility index (Phi) is 3.33. The van der Waals surface area contributed by atoms with E-state index in [9.17, 15) is 0 Å². The molecule has 0 atom stereocenters. The SMILES string of the molecule is Cc1ccc2c(oc3c2ccc2ccc4ccccc4c23)c1-c1cccc[n+]1C. The fourth-order valence-corrected chi connectivity index (χ4v) is 4.58. The van der Waals surface area contributed by atoms with Crippen LogP contribution in [0.1, 0.15) is 5.56 Å². The molecule has 138 valence electrons. The van der Waals surface area contributed by atoms with Crippen LogP contribution in [-0.4, -0.2) is 0 Å². The summed E-state index contributed by atoms with van der Waals surface area (Å²) in [5.74, 6) is 0. The van der Waals surface area contributed by atoms with Crippen LogP contribution in [0.15, 0.2) is 89.5 Å². The number of hydrogen-bond donors (Lipinski definition) is 0. The standard InChI is InChI=1S/C27H20NO/c1-17-10-14-21-22-15-13-19-12-11-18-7-3-4-8-20(18)25(19)27(22)29-26(21)24(17)23-9-5-6-16-28(23)2/h3-16H,1-2H3/q+1. The van der Waals surface area contributed by atoms with Crippen molar-refractivity contribution in [3.05, 3.63) is 90.6 Å². The van der Waals surface area contributed by atoms with Crippen LogP contribution in [0.2, 0.25) is 0 Å². The topological polar surface area (TPSA) is 17.0 Å². The van der Waals surface area contributed by atoms with Gasteiger partial charge in [0.2, 0.25) is 5.69 Å². The molecule has 0 aliphatic carbocycles. The number of pyridine rings is 1. The Labute approximate surface area is 168 Å². The van der Waals surface area contributed by atoms with Crippen LogP contribution in [0.5, 0.6) is 0 Å². The maximum atomic E-state index is 6.68. The van der Waals surface area contributed by atoms with Gasteiger partial charge in [0.05, 0.1) is 5.56 Å². The first-order chi connectivity index (χ1) is 14.2. The molecule has 0 saturated carbocycles. The van der Waals surface area contributed by atoms with Gasteiger partial charge in [-0.05, 0) is 40.8 Å². The van der Waals surface area contributed by atoms with Gasteiger partial charge in [-0.3, -0.25) is 0 Å². The van der Waals surface area contributed by atoms with Gasteiger partial charge in [0.25, 0.3) is 0 Å². The summed E-state index contributed by atoms with van der Waals surface area (Å²) in [6, 6.07) is 28.0. The van der Waals surface area contributed by atoms with Crippen molar-refractivity contribution in [2.24, 2.45) is 7.05 Å². The summed E-state index contributed by atoms with van der Waals surface area (Å²) < 4.78 is 8.84. The van der Waals surface area contributed by atoms with E-state index in [1.807, 2.05) is 0 Å². The fourth-order valence-electron chi connectivity index (χ4n) is 4.58. The summed E-state index contributed by atoms with van der Waals surface area (Å²) in [7, 11) is 2.08. The molecular formula is C27H20NO+. The highest BCUT2D eigenvalue weighted by molar-refractivity contribution is 6.23. The molecule has 0 unspecified atom stereocenters. The number of hydrogen-bond acceptors (Lipinski definition) is 1. The van der Waals surface area contributed by atoms with Gasteiger partial charge in [0.15, 0.2) is 6.20 Å². The summed E-state index contributed by atoms with van der Waals surface area (Å²) in [5.41, 5.74) is 5.47. The Balaban J connectivity index is 1.83. The van der Waals surface area contributed by atoms with E-state index in [2.05, 4.69) is 104 Å². The van der Waals surface area contributed by atoms with Crippen LogP contribution in [-0.2, 0) is 7.05 Å². The van der Waals surface area contributed by atoms with Crippen molar-refractivity contribution in [1.29, 1.82) is 0 Å². The molecular weight excluding hydrogens is 354 g/mol. The quantitative estimate of drug-likeness (QED) is 0.231. The van der Waals surface area contributed by atoms with Crippen molar-refractivity contribution < 1.29 is 8.98 Å². The van der Waals surface area contributed by atoms with Crippen LogP contribution < -0.4 is 4.57 Å². The molecule has 0 fully saturated rings. The second-order valence-electron chi connectivity index (χ2n) is 7.76. The minimum absolute atomic E-state index is 0.960. The van der Waals surface area contributed by atoms with Crippen LogP contribution in [0.4, 0.5) is 0 Å². The molecule has 0 saturated heterocycles. The van der Waals surface area contributed by atoms with Crippen molar-refractivity contribution in [2.75, 3.05) is 0 Å². The zero-order chi connectivity index (χ0) is 19.5. The van der Waals surface area contributed by atoms with Crippen molar-refractivity contribution in [3.8, 4) is 11.3 Å². The molecule has 2 heterocycles. The molecule has 0 spiro atoms. The Morgan fingerprint density at radius 1 is 0.655 bits per heavy atom. The molecule has 6 aromatic rings. The van der Waals surface area contributed by atoms with Gasteiger partial charge >= 0.3 is 0 Å². The largest absolute Gasteiger partial charge is 0.454 e. The molecule has 29 heavy (non-hydrogen) atoms. The Morgan fingerprint density at radius 2 is 1.38 bits per heavy atom. The zero-order valence-corrected chi connectivity index (χ0v) is 16.4. The van der Waals surface area contributed by atoms with Gasteiger partial charge in [-0.2, -0.15) is 0 Å². The molecule has 0 N–H and O–H groups in total. The summed E-state index contributed by atoms with van der Waals surface area (Å²) >= 11 is 0. The first kappa shape index (κ1) is 16.3. The molecule has 0 radical (unpaired) electrons. The van der Waals surface area contributed by atoms with E-state index in [0.29, 0.717) is 0 Å². The summed E-state index contributed by atoms with van der Waals surface area (Å²) in [4.78, 5) is 0. The van der Waals surface area contributed by atoms with Crippen molar-refractivity contribution >= 4 is 43.5 Å². The Hall–Kier alpha value is -3.65. The second-order valence-corrected chi connectivity index (χ2v) is 7.76. The third kappa shape index (κ3) is 2.26. The monoisotopic (exact) mass is 374 g/mol. The number of fused-ring (bicyclic) bond motifs is 7. The molecule has 4 aromatic carbocycles. The lowest BCUT2D eigenvalue weighted by atomic mass is 9.98. The van der Waals surface area contributed by atoms with Crippen LogP contribution in [0, 0.1) is 6.92 Å². The van der Waals surface area contributed by atoms with Gasteiger partial charge < -0.3 is 4.42 Å². The molecule has 2 aromatic heterocycles. The van der Waals surface area contributed by atoms with E-state index >= 15 is 0 Å². The highest BCUT2D eigenvalue weighted by Crippen LogP contribution is 2.41. The first-order valence-electron chi connectivity index (χ1n) is 9.94. The van der Waals surface area contributed by atoms with E-state index in [1.54, 1.807) is 0 Å². The molecule has 2 nitrogen and oxygen atoms in total. The number of aromatic nitrogens is 1. The van der Waals surface area contributed by atoms with Crippen molar-refractivity contribution in [2.45, 2.75) is 6.92 Å². The number of benzene rings is 4. The van der Waals surface area contributed by atoms with E-state index in [1.165, 1.54) is 37.9 Å². The third-order valence-corrected chi connectivity index (χ3v) is 6.03. The molecule has 2 heteroatoms. The van der Waals surface area contributed by atoms with E-state index in [4.69, 9.17) is 4.42 Å². The molecule has 0 bridgehead atoms. The van der Waals surface area contributed by atoms with Crippen LogP contribution in [0.3, 0.4) is 0 Å². The number of aryl methyl sites for hydroxylation is 2. The molecule has 0 aliphatic rings. The molecule has 6 rings (SSSR count). The summed E-state index contributed by atoms with van der Waals surface area (Å²) in [5, 5.41) is 7.21. The minimum Gasteiger partial charge on any atom is -0.454 e.